The molecule has 17 heavy (non-hydrogen) atoms. The summed E-state index contributed by atoms with van der Waals surface area (Å²) in [6, 6.07) is 3.53. The van der Waals surface area contributed by atoms with E-state index < -0.39 is 0 Å². The predicted octanol–water partition coefficient (Wildman–Crippen LogP) is 3.15. The van der Waals surface area contributed by atoms with Crippen LogP contribution in [0.1, 0.15) is 23.5 Å². The van der Waals surface area contributed by atoms with Crippen molar-refractivity contribution >= 4 is 28.8 Å². The average molecular weight is 276 g/mol. The van der Waals surface area contributed by atoms with Gasteiger partial charge in [-0.15, -0.1) is 11.3 Å². The maximum absolute atomic E-state index is 12.2. The first-order valence-corrected chi connectivity index (χ1v) is 6.77. The van der Waals surface area contributed by atoms with E-state index >= 15 is 0 Å². The largest absolute Gasteiger partial charge is 0.383 e. The van der Waals surface area contributed by atoms with E-state index in [-0.39, 0.29) is 5.91 Å². The van der Waals surface area contributed by atoms with Gasteiger partial charge in [-0.1, -0.05) is 25.4 Å². The molecule has 0 atom stereocenters. The normalized spacial score (nSPS) is 10.9. The van der Waals surface area contributed by atoms with Crippen LogP contribution in [0.4, 0.5) is 0 Å². The Kier molecular flexibility index (Phi) is 5.95. The van der Waals surface area contributed by atoms with Crippen LogP contribution in [0.3, 0.4) is 0 Å². The topological polar surface area (TPSA) is 29.5 Å². The lowest BCUT2D eigenvalue weighted by atomic mass is 10.2. The van der Waals surface area contributed by atoms with Gasteiger partial charge in [-0.3, -0.25) is 4.79 Å². The summed E-state index contributed by atoms with van der Waals surface area (Å²) in [7, 11) is 1.64. The highest BCUT2D eigenvalue weighted by molar-refractivity contribution is 7.17. The van der Waals surface area contributed by atoms with Crippen LogP contribution in [0.25, 0.3) is 0 Å². The molecule has 0 spiro atoms. The van der Waals surface area contributed by atoms with Gasteiger partial charge in [0, 0.05) is 20.2 Å². The van der Waals surface area contributed by atoms with Crippen LogP contribution in [-0.4, -0.2) is 37.6 Å². The van der Waals surface area contributed by atoms with Crippen molar-refractivity contribution in [2.24, 2.45) is 5.92 Å². The first-order chi connectivity index (χ1) is 8.04. The van der Waals surface area contributed by atoms with Gasteiger partial charge in [0.25, 0.3) is 5.91 Å². The van der Waals surface area contributed by atoms with Crippen molar-refractivity contribution in [2.75, 3.05) is 26.8 Å². The lowest BCUT2D eigenvalue weighted by Gasteiger charge is -2.23. The van der Waals surface area contributed by atoms with E-state index in [0.717, 1.165) is 6.54 Å². The lowest BCUT2D eigenvalue weighted by Crippen LogP contribution is -2.36. The van der Waals surface area contributed by atoms with Crippen LogP contribution in [-0.2, 0) is 4.74 Å². The fourth-order valence-corrected chi connectivity index (χ4v) is 2.51. The number of thiophene rings is 1. The molecule has 3 nitrogen and oxygen atoms in total. The molecular weight excluding hydrogens is 258 g/mol. The second-order valence-electron chi connectivity index (χ2n) is 4.24. The highest BCUT2D eigenvalue weighted by Gasteiger charge is 2.18. The van der Waals surface area contributed by atoms with Crippen molar-refractivity contribution < 1.29 is 9.53 Å². The maximum Gasteiger partial charge on any atom is 0.264 e. The summed E-state index contributed by atoms with van der Waals surface area (Å²) in [5.74, 6) is 0.471. The van der Waals surface area contributed by atoms with Gasteiger partial charge in [-0.2, -0.15) is 0 Å². The minimum atomic E-state index is 0.0349. The third-order valence-electron chi connectivity index (χ3n) is 2.22. The zero-order valence-corrected chi connectivity index (χ0v) is 12.0. The standard InChI is InChI=1S/C12H18ClNO2S/c1-9(2)8-14(6-7-16-3)12(15)10-4-5-11(13)17-10/h4-5,9H,6-8H2,1-3H3. The zero-order valence-electron chi connectivity index (χ0n) is 10.4. The van der Waals surface area contributed by atoms with Crippen molar-refractivity contribution in [3.8, 4) is 0 Å². The van der Waals surface area contributed by atoms with Crippen LogP contribution in [0.5, 0.6) is 0 Å². The van der Waals surface area contributed by atoms with Gasteiger partial charge < -0.3 is 9.64 Å². The Labute approximate surface area is 111 Å². The Morgan fingerprint density at radius 2 is 2.24 bits per heavy atom. The first-order valence-electron chi connectivity index (χ1n) is 5.58. The van der Waals surface area contributed by atoms with E-state index in [1.165, 1.54) is 11.3 Å². The number of ether oxygens (including phenoxy) is 1. The van der Waals surface area contributed by atoms with E-state index in [9.17, 15) is 4.79 Å². The fourth-order valence-electron chi connectivity index (χ4n) is 1.50. The summed E-state index contributed by atoms with van der Waals surface area (Å²) in [6.07, 6.45) is 0. The van der Waals surface area contributed by atoms with Crippen LogP contribution in [0.2, 0.25) is 4.34 Å². The number of carbonyl (C=O) groups is 1. The Morgan fingerprint density at radius 3 is 2.71 bits per heavy atom. The van der Waals surface area contributed by atoms with E-state index in [1.54, 1.807) is 19.2 Å². The Balaban J connectivity index is 2.71. The molecule has 0 saturated carbocycles. The molecule has 0 radical (unpaired) electrons. The number of hydrogen-bond acceptors (Lipinski definition) is 3. The monoisotopic (exact) mass is 275 g/mol. The smallest absolute Gasteiger partial charge is 0.264 e. The molecule has 1 amide bonds. The number of carbonyl (C=O) groups excluding carboxylic acids is 1. The molecule has 1 heterocycles. The molecule has 0 bridgehead atoms. The van der Waals surface area contributed by atoms with Crippen molar-refractivity contribution in [3.05, 3.63) is 21.3 Å². The lowest BCUT2D eigenvalue weighted by molar-refractivity contribution is 0.0677. The van der Waals surface area contributed by atoms with Crippen molar-refractivity contribution in [1.29, 1.82) is 0 Å². The highest BCUT2D eigenvalue weighted by Crippen LogP contribution is 2.23. The minimum absolute atomic E-state index is 0.0349. The molecule has 0 unspecified atom stereocenters. The average Bonchev–Trinajstić information content (AvgIpc) is 2.69. The van der Waals surface area contributed by atoms with Crippen LogP contribution >= 0.6 is 22.9 Å². The van der Waals surface area contributed by atoms with Gasteiger partial charge in [-0.05, 0) is 18.1 Å². The third-order valence-corrected chi connectivity index (χ3v) is 3.44. The maximum atomic E-state index is 12.2. The van der Waals surface area contributed by atoms with Crippen molar-refractivity contribution in [2.45, 2.75) is 13.8 Å². The molecule has 1 rings (SSSR count). The summed E-state index contributed by atoms with van der Waals surface area (Å²) in [6.45, 7) is 6.08. The number of nitrogens with zero attached hydrogens (tertiary/aromatic N) is 1. The fraction of sp³-hybridized carbons (Fsp3) is 0.583. The van der Waals surface area contributed by atoms with Crippen LogP contribution < -0.4 is 0 Å². The summed E-state index contributed by atoms with van der Waals surface area (Å²) in [4.78, 5) is 14.7. The molecule has 1 aromatic heterocycles. The quantitative estimate of drug-likeness (QED) is 0.798. The molecule has 0 aliphatic heterocycles. The van der Waals surface area contributed by atoms with Gasteiger partial charge in [-0.25, -0.2) is 0 Å². The molecule has 0 aliphatic carbocycles. The molecule has 0 N–H and O–H groups in total. The molecule has 96 valence electrons. The molecule has 0 saturated heterocycles. The van der Waals surface area contributed by atoms with E-state index in [2.05, 4.69) is 13.8 Å². The molecule has 0 aromatic carbocycles. The summed E-state index contributed by atoms with van der Waals surface area (Å²) >= 11 is 7.16. The first kappa shape index (κ1) is 14.5. The number of hydrogen-bond donors (Lipinski definition) is 0. The van der Waals surface area contributed by atoms with Crippen LogP contribution in [0.15, 0.2) is 12.1 Å². The molecule has 0 aliphatic rings. The van der Waals surface area contributed by atoms with E-state index in [1.807, 2.05) is 4.90 Å². The highest BCUT2D eigenvalue weighted by atomic mass is 35.5. The van der Waals surface area contributed by atoms with Crippen molar-refractivity contribution in [3.63, 3.8) is 0 Å². The third kappa shape index (κ3) is 4.66. The Bertz CT molecular complexity index is 365. The molecule has 1 aromatic rings. The van der Waals surface area contributed by atoms with Gasteiger partial charge in [0.1, 0.15) is 0 Å². The van der Waals surface area contributed by atoms with Gasteiger partial charge in [0.2, 0.25) is 0 Å². The predicted molar refractivity (Wildman–Crippen MR) is 71.9 cm³/mol. The summed E-state index contributed by atoms with van der Waals surface area (Å²) in [5.41, 5.74) is 0. The minimum Gasteiger partial charge on any atom is -0.383 e. The second kappa shape index (κ2) is 6.99. The Hall–Kier alpha value is -0.580. The zero-order chi connectivity index (χ0) is 12.8. The second-order valence-corrected chi connectivity index (χ2v) is 5.96. The number of amides is 1. The van der Waals surface area contributed by atoms with Crippen molar-refractivity contribution in [1.82, 2.24) is 4.90 Å². The molecule has 5 heteroatoms. The van der Waals surface area contributed by atoms with Gasteiger partial charge in [0.05, 0.1) is 15.8 Å². The van der Waals surface area contributed by atoms with Gasteiger partial charge >= 0.3 is 0 Å². The molecular formula is C12H18ClNO2S. The van der Waals surface area contributed by atoms with E-state index in [4.69, 9.17) is 16.3 Å². The Morgan fingerprint density at radius 1 is 1.53 bits per heavy atom. The number of rotatable bonds is 6. The number of methoxy groups -OCH3 is 1. The number of halogens is 1. The van der Waals surface area contributed by atoms with Crippen LogP contribution in [0, 0.1) is 5.92 Å². The molecule has 0 fully saturated rings. The SMILES string of the molecule is COCCN(CC(C)C)C(=O)c1ccc(Cl)s1. The summed E-state index contributed by atoms with van der Waals surface area (Å²) in [5, 5.41) is 0. The van der Waals surface area contributed by atoms with E-state index in [0.29, 0.717) is 28.3 Å². The van der Waals surface area contributed by atoms with Gasteiger partial charge in [0.15, 0.2) is 0 Å². The summed E-state index contributed by atoms with van der Waals surface area (Å²) < 4.78 is 5.67.